The van der Waals surface area contributed by atoms with Crippen molar-refractivity contribution in [1.82, 2.24) is 9.78 Å². The van der Waals surface area contributed by atoms with Gasteiger partial charge in [-0.2, -0.15) is 5.10 Å². The second-order valence-corrected chi connectivity index (χ2v) is 2.17. The highest BCUT2D eigenvalue weighted by molar-refractivity contribution is 5.05. The summed E-state index contributed by atoms with van der Waals surface area (Å²) in [7, 11) is 1.80. The number of aryl methyl sites for hydroxylation is 1. The van der Waals surface area contributed by atoms with Crippen molar-refractivity contribution in [2.75, 3.05) is 6.61 Å². The lowest BCUT2D eigenvalue weighted by atomic mass is 10.2. The Hall–Kier alpha value is -0.870. The van der Waals surface area contributed by atoms with Gasteiger partial charge in [0.25, 0.3) is 0 Å². The second kappa shape index (κ2) is 2.81. The van der Waals surface area contributed by atoms with Gasteiger partial charge in [0.05, 0.1) is 18.3 Å². The molecule has 3 N–H and O–H groups in total. The predicted molar refractivity (Wildman–Crippen MR) is 37.2 cm³/mol. The molecule has 4 heteroatoms. The molecule has 0 aliphatic rings. The molecule has 1 aromatic rings. The number of hydrogen-bond acceptors (Lipinski definition) is 3. The molecule has 0 bridgehead atoms. The summed E-state index contributed by atoms with van der Waals surface area (Å²) in [5, 5.41) is 12.6. The quantitative estimate of drug-likeness (QED) is 0.578. The molecule has 56 valence electrons. The van der Waals surface area contributed by atoms with Gasteiger partial charge in [0.1, 0.15) is 0 Å². The highest BCUT2D eigenvalue weighted by atomic mass is 16.3. The van der Waals surface area contributed by atoms with E-state index in [1.54, 1.807) is 24.0 Å². The molecule has 0 radical (unpaired) electrons. The first kappa shape index (κ1) is 7.24. The first-order valence-corrected chi connectivity index (χ1v) is 3.10. The van der Waals surface area contributed by atoms with E-state index in [1.807, 2.05) is 0 Å². The average Bonchev–Trinajstić information content (AvgIpc) is 2.34. The lowest BCUT2D eigenvalue weighted by molar-refractivity contribution is 0.263. The predicted octanol–water partition coefficient (Wildman–Crippen LogP) is -0.588. The highest BCUT2D eigenvalue weighted by Gasteiger charge is 2.06. The van der Waals surface area contributed by atoms with Crippen LogP contribution in [0.4, 0.5) is 0 Å². The Morgan fingerprint density at radius 1 is 1.90 bits per heavy atom. The van der Waals surface area contributed by atoms with Gasteiger partial charge in [0.2, 0.25) is 0 Å². The molecule has 0 saturated heterocycles. The normalized spacial score (nSPS) is 13.5. The van der Waals surface area contributed by atoms with E-state index < -0.39 is 0 Å². The maximum Gasteiger partial charge on any atom is 0.0701 e. The van der Waals surface area contributed by atoms with E-state index in [9.17, 15) is 0 Å². The van der Waals surface area contributed by atoms with Crippen LogP contribution in [0.2, 0.25) is 0 Å². The Balaban J connectivity index is 2.82. The first-order valence-electron chi connectivity index (χ1n) is 3.10. The Labute approximate surface area is 59.3 Å². The van der Waals surface area contributed by atoms with Gasteiger partial charge in [0, 0.05) is 13.2 Å². The topological polar surface area (TPSA) is 64.1 Å². The van der Waals surface area contributed by atoms with Gasteiger partial charge in [-0.05, 0) is 6.07 Å². The summed E-state index contributed by atoms with van der Waals surface area (Å²) in [6, 6.07) is 1.48. The summed E-state index contributed by atoms with van der Waals surface area (Å²) in [6.07, 6.45) is 1.66. The fraction of sp³-hybridized carbons (Fsp3) is 0.500. The minimum atomic E-state index is -0.313. The molecule has 0 spiro atoms. The maximum atomic E-state index is 8.66. The van der Waals surface area contributed by atoms with E-state index in [2.05, 4.69) is 5.10 Å². The zero-order valence-electron chi connectivity index (χ0n) is 5.86. The minimum Gasteiger partial charge on any atom is -0.394 e. The van der Waals surface area contributed by atoms with Crippen LogP contribution in [0.5, 0.6) is 0 Å². The van der Waals surface area contributed by atoms with Crippen molar-refractivity contribution in [2.45, 2.75) is 6.04 Å². The molecule has 0 amide bonds. The summed E-state index contributed by atoms with van der Waals surface area (Å²) < 4.78 is 1.65. The van der Waals surface area contributed by atoms with E-state index in [4.69, 9.17) is 10.8 Å². The van der Waals surface area contributed by atoms with Crippen LogP contribution < -0.4 is 5.73 Å². The van der Waals surface area contributed by atoms with Crippen LogP contribution in [0.15, 0.2) is 12.3 Å². The smallest absolute Gasteiger partial charge is 0.0701 e. The molecule has 0 aromatic carbocycles. The van der Waals surface area contributed by atoms with E-state index in [1.165, 1.54) is 0 Å². The summed E-state index contributed by atoms with van der Waals surface area (Å²) in [6.45, 7) is -0.0421. The third-order valence-corrected chi connectivity index (χ3v) is 1.44. The molecular weight excluding hydrogens is 130 g/mol. The number of nitrogens with two attached hydrogens (primary N) is 1. The third kappa shape index (κ3) is 1.17. The third-order valence-electron chi connectivity index (χ3n) is 1.44. The van der Waals surface area contributed by atoms with E-state index >= 15 is 0 Å². The van der Waals surface area contributed by atoms with Gasteiger partial charge in [-0.3, -0.25) is 4.68 Å². The van der Waals surface area contributed by atoms with Crippen LogP contribution in [0.3, 0.4) is 0 Å². The Morgan fingerprint density at radius 2 is 2.60 bits per heavy atom. The van der Waals surface area contributed by atoms with Crippen LogP contribution >= 0.6 is 0 Å². The molecule has 0 aliphatic carbocycles. The molecule has 1 rings (SSSR count). The molecule has 0 saturated carbocycles. The molecule has 10 heavy (non-hydrogen) atoms. The maximum absolute atomic E-state index is 8.66. The number of nitrogens with zero attached hydrogens (tertiary/aromatic N) is 2. The van der Waals surface area contributed by atoms with Crippen LogP contribution in [0.1, 0.15) is 11.7 Å². The van der Waals surface area contributed by atoms with E-state index in [0.29, 0.717) is 0 Å². The van der Waals surface area contributed by atoms with E-state index in [-0.39, 0.29) is 12.6 Å². The Bertz CT molecular complexity index is 209. The van der Waals surface area contributed by atoms with Gasteiger partial charge in [-0.25, -0.2) is 0 Å². The number of rotatable bonds is 2. The fourth-order valence-electron chi connectivity index (χ4n) is 0.841. The van der Waals surface area contributed by atoms with Crippen LogP contribution in [-0.2, 0) is 7.05 Å². The summed E-state index contributed by atoms with van der Waals surface area (Å²) >= 11 is 0. The molecule has 1 heterocycles. The van der Waals surface area contributed by atoms with Gasteiger partial charge in [-0.1, -0.05) is 0 Å². The first-order chi connectivity index (χ1) is 4.75. The average molecular weight is 141 g/mol. The minimum absolute atomic E-state index is 0.0421. The Morgan fingerprint density at radius 3 is 3.00 bits per heavy atom. The summed E-state index contributed by atoms with van der Waals surface area (Å²) in [5.41, 5.74) is 6.38. The van der Waals surface area contributed by atoms with Crippen molar-refractivity contribution < 1.29 is 5.11 Å². The van der Waals surface area contributed by atoms with Crippen LogP contribution in [0.25, 0.3) is 0 Å². The second-order valence-electron chi connectivity index (χ2n) is 2.17. The molecule has 0 aliphatic heterocycles. The van der Waals surface area contributed by atoms with Crippen molar-refractivity contribution >= 4 is 0 Å². The highest BCUT2D eigenvalue weighted by Crippen LogP contribution is 2.05. The van der Waals surface area contributed by atoms with Crippen molar-refractivity contribution in [3.05, 3.63) is 18.0 Å². The number of aliphatic hydroxyl groups excluding tert-OH is 1. The fourth-order valence-corrected chi connectivity index (χ4v) is 0.841. The van der Waals surface area contributed by atoms with Crippen molar-refractivity contribution in [2.24, 2.45) is 12.8 Å². The standard InChI is InChI=1S/C6H11N3O/c1-9-6(2-3-8-9)5(7)4-10/h2-3,5,10H,4,7H2,1H3. The SMILES string of the molecule is Cn1nccc1C(N)CO. The lowest BCUT2D eigenvalue weighted by Crippen LogP contribution is -2.17. The van der Waals surface area contributed by atoms with Gasteiger partial charge in [0.15, 0.2) is 0 Å². The number of hydrogen-bond donors (Lipinski definition) is 2. The molecule has 1 atom stereocenters. The zero-order chi connectivity index (χ0) is 7.56. The van der Waals surface area contributed by atoms with E-state index in [0.717, 1.165) is 5.69 Å². The van der Waals surface area contributed by atoms with Crippen molar-refractivity contribution in [1.29, 1.82) is 0 Å². The summed E-state index contributed by atoms with van der Waals surface area (Å²) in [5.74, 6) is 0. The van der Waals surface area contributed by atoms with Crippen LogP contribution in [0, 0.1) is 0 Å². The molecule has 0 fully saturated rings. The number of aromatic nitrogens is 2. The van der Waals surface area contributed by atoms with Gasteiger partial charge in [-0.15, -0.1) is 0 Å². The molecular formula is C6H11N3O. The van der Waals surface area contributed by atoms with Gasteiger partial charge < -0.3 is 10.8 Å². The lowest BCUT2D eigenvalue weighted by Gasteiger charge is -2.06. The molecule has 4 nitrogen and oxygen atoms in total. The molecule has 1 unspecified atom stereocenters. The zero-order valence-corrected chi connectivity index (χ0v) is 5.86. The van der Waals surface area contributed by atoms with Crippen molar-refractivity contribution in [3.63, 3.8) is 0 Å². The largest absolute Gasteiger partial charge is 0.394 e. The Kier molecular flexibility index (Phi) is 2.03. The van der Waals surface area contributed by atoms with Crippen molar-refractivity contribution in [3.8, 4) is 0 Å². The number of aliphatic hydroxyl groups is 1. The summed E-state index contributed by atoms with van der Waals surface area (Å²) in [4.78, 5) is 0. The van der Waals surface area contributed by atoms with Crippen LogP contribution in [-0.4, -0.2) is 21.5 Å². The molecule has 1 aromatic heterocycles. The monoisotopic (exact) mass is 141 g/mol. The van der Waals surface area contributed by atoms with Gasteiger partial charge >= 0.3 is 0 Å².